The summed E-state index contributed by atoms with van der Waals surface area (Å²) in [7, 11) is 0. The summed E-state index contributed by atoms with van der Waals surface area (Å²) in [5, 5.41) is 17.1. The van der Waals surface area contributed by atoms with Gasteiger partial charge in [0.25, 0.3) is 0 Å². The summed E-state index contributed by atoms with van der Waals surface area (Å²) < 4.78 is 0. The number of nitrogens with one attached hydrogen (secondary N) is 4. The first-order valence-electron chi connectivity index (χ1n) is 12.1. The van der Waals surface area contributed by atoms with Crippen molar-refractivity contribution in [2.24, 2.45) is 27.9 Å². The highest BCUT2D eigenvalue weighted by Gasteiger charge is 2.30. The van der Waals surface area contributed by atoms with E-state index in [0.29, 0.717) is 17.9 Å². The Kier molecular flexibility index (Phi) is 15.0. The van der Waals surface area contributed by atoms with E-state index in [4.69, 9.17) is 22.9 Å². The van der Waals surface area contributed by atoms with E-state index in [1.165, 1.54) is 24.3 Å². The number of aliphatic imine (C=N–C) groups is 1. The van der Waals surface area contributed by atoms with E-state index in [1.807, 2.05) is 6.26 Å². The van der Waals surface area contributed by atoms with E-state index < -0.39 is 53.8 Å². The zero-order chi connectivity index (χ0) is 29.4. The zero-order valence-electron chi connectivity index (χ0n) is 21.7. The molecule has 4 amide bonds. The summed E-state index contributed by atoms with van der Waals surface area (Å²) in [6, 6.07) is -4.61. The van der Waals surface area contributed by atoms with Gasteiger partial charge in [0.2, 0.25) is 23.6 Å². The van der Waals surface area contributed by atoms with Crippen molar-refractivity contribution in [1.82, 2.24) is 25.9 Å². The Morgan fingerprint density at radius 1 is 1.00 bits per heavy atom. The van der Waals surface area contributed by atoms with Crippen LogP contribution in [0, 0.1) is 0 Å². The first-order valence-corrected chi connectivity index (χ1v) is 13.5. The predicted molar refractivity (Wildman–Crippen MR) is 145 cm³/mol. The largest absolute Gasteiger partial charge is 0.480 e. The van der Waals surface area contributed by atoms with Crippen LogP contribution in [0.4, 0.5) is 0 Å². The minimum Gasteiger partial charge on any atom is -0.480 e. The van der Waals surface area contributed by atoms with Crippen LogP contribution >= 0.6 is 11.8 Å². The minimum atomic E-state index is -1.21. The number of primary amides is 1. The van der Waals surface area contributed by atoms with Gasteiger partial charge in [0.15, 0.2) is 5.96 Å². The van der Waals surface area contributed by atoms with Crippen molar-refractivity contribution in [2.45, 2.75) is 62.7 Å². The number of H-pyrrole nitrogens is 1. The monoisotopic (exact) mass is 570 g/mol. The zero-order valence-corrected chi connectivity index (χ0v) is 22.5. The van der Waals surface area contributed by atoms with Crippen LogP contribution in [0.3, 0.4) is 0 Å². The average molecular weight is 571 g/mol. The first-order chi connectivity index (χ1) is 18.4. The fourth-order valence-corrected chi connectivity index (χ4v) is 3.81. The number of hydrogen-bond donors (Lipinski definition) is 9. The Morgan fingerprint density at radius 2 is 1.64 bits per heavy atom. The molecule has 16 nitrogen and oxygen atoms in total. The number of hydrogen-bond acceptors (Lipinski definition) is 9. The highest BCUT2D eigenvalue weighted by Crippen LogP contribution is 2.07. The van der Waals surface area contributed by atoms with Crippen LogP contribution in [0.25, 0.3) is 0 Å². The van der Waals surface area contributed by atoms with E-state index in [2.05, 4.69) is 30.9 Å². The summed E-state index contributed by atoms with van der Waals surface area (Å²) in [6.45, 7) is 0.170. The highest BCUT2D eigenvalue weighted by molar-refractivity contribution is 7.98. The van der Waals surface area contributed by atoms with Gasteiger partial charge in [-0.25, -0.2) is 9.78 Å². The quantitative estimate of drug-likeness (QED) is 0.0455. The lowest BCUT2D eigenvalue weighted by Gasteiger charge is -2.25. The number of carbonyl (C=O) groups is 5. The molecular formula is C22H38N10O6S. The maximum Gasteiger partial charge on any atom is 0.326 e. The molecule has 4 unspecified atom stereocenters. The number of rotatable bonds is 19. The molecule has 0 radical (unpaired) electrons. The van der Waals surface area contributed by atoms with Gasteiger partial charge in [-0.05, 0) is 37.7 Å². The van der Waals surface area contributed by atoms with Crippen LogP contribution < -0.4 is 38.9 Å². The standard InChI is InChI=1S/C22H38N10O6S/c1-39-8-6-15(21(37)38)31-20(36)16(9-12-10-27-11-29-12)32-19(35)14(3-2-7-28-22(25)26)30-18(34)13(23)4-5-17(24)33/h10-11,13-16H,2-9,23H2,1H3,(H2,24,33)(H,27,29)(H,30,34)(H,31,36)(H,32,35)(H,37,38)(H4,25,26,28). The van der Waals surface area contributed by atoms with E-state index >= 15 is 0 Å². The van der Waals surface area contributed by atoms with Gasteiger partial charge in [0, 0.05) is 31.3 Å². The van der Waals surface area contributed by atoms with Gasteiger partial charge >= 0.3 is 5.97 Å². The second-order valence-corrected chi connectivity index (χ2v) is 9.63. The second-order valence-electron chi connectivity index (χ2n) is 8.64. The normalized spacial score (nSPS) is 13.8. The number of amides is 4. The van der Waals surface area contributed by atoms with Crippen LogP contribution in [0.2, 0.25) is 0 Å². The number of aromatic amines is 1. The van der Waals surface area contributed by atoms with Crippen LogP contribution in [0.5, 0.6) is 0 Å². The molecule has 1 aromatic rings. The number of carbonyl (C=O) groups excluding carboxylic acids is 4. The van der Waals surface area contributed by atoms with E-state index in [9.17, 15) is 29.1 Å². The molecule has 1 aromatic heterocycles. The average Bonchev–Trinajstić information content (AvgIpc) is 3.38. The summed E-state index contributed by atoms with van der Waals surface area (Å²) in [4.78, 5) is 72.2. The lowest BCUT2D eigenvalue weighted by molar-refractivity contribution is -0.142. The Morgan fingerprint density at radius 3 is 2.21 bits per heavy atom. The van der Waals surface area contributed by atoms with Crippen molar-refractivity contribution in [1.29, 1.82) is 0 Å². The summed E-state index contributed by atoms with van der Waals surface area (Å²) in [5.41, 5.74) is 22.1. The molecule has 218 valence electrons. The molecule has 0 spiro atoms. The molecule has 0 aliphatic rings. The smallest absolute Gasteiger partial charge is 0.326 e. The first kappa shape index (κ1) is 33.2. The fourth-order valence-electron chi connectivity index (χ4n) is 3.34. The summed E-state index contributed by atoms with van der Waals surface area (Å²) in [6.07, 6.45) is 5.04. The van der Waals surface area contributed by atoms with Crippen molar-refractivity contribution in [3.05, 3.63) is 18.2 Å². The van der Waals surface area contributed by atoms with Gasteiger partial charge in [0.1, 0.15) is 18.1 Å². The topological polar surface area (TPSA) is 287 Å². The summed E-state index contributed by atoms with van der Waals surface area (Å²) >= 11 is 1.43. The van der Waals surface area contributed by atoms with Crippen molar-refractivity contribution >= 4 is 47.3 Å². The lowest BCUT2D eigenvalue weighted by atomic mass is 10.1. The molecule has 4 atom stereocenters. The number of aromatic nitrogens is 2. The van der Waals surface area contributed by atoms with Gasteiger partial charge in [0.05, 0.1) is 12.4 Å². The van der Waals surface area contributed by atoms with Gasteiger partial charge < -0.3 is 49.0 Å². The molecule has 1 rings (SSSR count). The van der Waals surface area contributed by atoms with Crippen LogP contribution in [-0.2, 0) is 30.4 Å². The lowest BCUT2D eigenvalue weighted by Crippen LogP contribution is -2.57. The number of nitrogens with zero attached hydrogens (tertiary/aromatic N) is 2. The summed E-state index contributed by atoms with van der Waals surface area (Å²) in [5.74, 6) is -3.63. The highest BCUT2D eigenvalue weighted by atomic mass is 32.2. The maximum atomic E-state index is 13.3. The van der Waals surface area contributed by atoms with Gasteiger partial charge in [-0.3, -0.25) is 24.2 Å². The van der Waals surface area contributed by atoms with Crippen molar-refractivity contribution in [2.75, 3.05) is 18.6 Å². The Hall–Kier alpha value is -3.86. The minimum absolute atomic E-state index is 0.0268. The maximum absolute atomic E-state index is 13.3. The van der Waals surface area contributed by atoms with Crippen molar-refractivity contribution in [3.8, 4) is 0 Å². The Labute approximate surface area is 229 Å². The van der Waals surface area contributed by atoms with E-state index in [-0.39, 0.29) is 44.6 Å². The molecule has 0 aliphatic carbocycles. The Balaban J connectivity index is 3.08. The molecule has 0 aromatic carbocycles. The van der Waals surface area contributed by atoms with Crippen LogP contribution in [-0.4, -0.2) is 93.4 Å². The molecule has 39 heavy (non-hydrogen) atoms. The third kappa shape index (κ3) is 13.5. The number of guanidine groups is 1. The van der Waals surface area contributed by atoms with Gasteiger partial charge in [-0.15, -0.1) is 0 Å². The number of aliphatic carboxylic acids is 1. The van der Waals surface area contributed by atoms with E-state index in [1.54, 1.807) is 0 Å². The molecule has 0 bridgehead atoms. The molecular weight excluding hydrogens is 532 g/mol. The molecule has 17 heteroatoms. The molecule has 0 fully saturated rings. The number of imidazole rings is 1. The number of nitrogens with two attached hydrogens (primary N) is 4. The number of carboxylic acid groups (broad SMARTS) is 1. The number of thioether (sulfide) groups is 1. The third-order valence-corrected chi connectivity index (χ3v) is 6.10. The second kappa shape index (κ2) is 17.6. The predicted octanol–water partition coefficient (Wildman–Crippen LogP) is -3.11. The van der Waals surface area contributed by atoms with Crippen LogP contribution in [0.1, 0.15) is 37.8 Å². The molecule has 0 aliphatic heterocycles. The molecule has 13 N–H and O–H groups in total. The fraction of sp³-hybridized carbons (Fsp3) is 0.591. The Bertz CT molecular complexity index is 986. The van der Waals surface area contributed by atoms with Gasteiger partial charge in [-0.1, -0.05) is 0 Å². The van der Waals surface area contributed by atoms with Crippen LogP contribution in [0.15, 0.2) is 17.5 Å². The van der Waals surface area contributed by atoms with Crippen molar-refractivity contribution in [3.63, 3.8) is 0 Å². The molecule has 1 heterocycles. The van der Waals surface area contributed by atoms with E-state index in [0.717, 1.165) is 0 Å². The SMILES string of the molecule is CSCCC(NC(=O)C(Cc1cnc[nH]1)NC(=O)C(CCCN=C(N)N)NC(=O)C(N)CCC(N)=O)C(=O)O. The van der Waals surface area contributed by atoms with Gasteiger partial charge in [-0.2, -0.15) is 11.8 Å². The molecule has 0 saturated heterocycles. The number of carboxylic acids is 1. The van der Waals surface area contributed by atoms with Crippen molar-refractivity contribution < 1.29 is 29.1 Å². The molecule has 0 saturated carbocycles. The third-order valence-electron chi connectivity index (χ3n) is 5.45.